The lowest BCUT2D eigenvalue weighted by Crippen LogP contribution is -2.61. The third kappa shape index (κ3) is 7.78. The second kappa shape index (κ2) is 12.8. The Balaban J connectivity index is 0.000000159. The predicted octanol–water partition coefficient (Wildman–Crippen LogP) is 4.20. The highest BCUT2D eigenvalue weighted by Crippen LogP contribution is 2.44. The smallest absolute Gasteiger partial charge is 0.296 e. The Kier molecular flexibility index (Phi) is 9.86. The Hall–Kier alpha value is -2.95. The van der Waals surface area contributed by atoms with Crippen LogP contribution in [0, 0.1) is 30.6 Å². The SMILES string of the molecule is CC1N(CC2CC2)CCC2CCCCC21O.CNC(=O)C#Cc1ccco1.Cc1ccc(O)c(O)c1. The molecule has 0 bridgehead atoms. The molecule has 1 aromatic carbocycles. The first-order valence-corrected chi connectivity index (χ1v) is 12.9. The van der Waals surface area contributed by atoms with E-state index in [1.165, 1.54) is 77.1 Å². The van der Waals surface area contributed by atoms with Crippen molar-refractivity contribution in [2.75, 3.05) is 20.1 Å². The number of nitrogens with one attached hydrogen (secondary N) is 1. The van der Waals surface area contributed by atoms with Crippen LogP contribution in [0.15, 0.2) is 41.0 Å². The van der Waals surface area contributed by atoms with Crippen LogP contribution < -0.4 is 5.32 Å². The number of hydrogen-bond acceptors (Lipinski definition) is 6. The maximum Gasteiger partial charge on any atom is 0.296 e. The van der Waals surface area contributed by atoms with E-state index in [2.05, 4.69) is 29.0 Å². The molecule has 3 aliphatic rings. The van der Waals surface area contributed by atoms with Gasteiger partial charge >= 0.3 is 0 Å². The number of carbonyl (C=O) groups is 1. The molecule has 0 spiro atoms. The summed E-state index contributed by atoms with van der Waals surface area (Å²) in [7, 11) is 1.53. The third-order valence-corrected chi connectivity index (χ3v) is 7.49. The maximum absolute atomic E-state index is 10.9. The lowest BCUT2D eigenvalue weighted by Gasteiger charge is -2.52. The minimum atomic E-state index is -0.356. The van der Waals surface area contributed by atoms with Crippen molar-refractivity contribution in [2.45, 2.75) is 70.4 Å². The molecule has 1 saturated heterocycles. The molecule has 4 N–H and O–H groups in total. The van der Waals surface area contributed by atoms with Gasteiger partial charge in [0.05, 0.1) is 11.9 Å². The van der Waals surface area contributed by atoms with Gasteiger partial charge in [-0.25, -0.2) is 0 Å². The molecule has 2 saturated carbocycles. The molecule has 3 atom stereocenters. The summed E-state index contributed by atoms with van der Waals surface area (Å²) in [5, 5.41) is 30.9. The van der Waals surface area contributed by atoms with Gasteiger partial charge in [-0.05, 0) is 100 Å². The molecule has 0 radical (unpaired) electrons. The van der Waals surface area contributed by atoms with Crippen molar-refractivity contribution in [2.24, 2.45) is 11.8 Å². The number of fused-ring (bicyclic) bond motifs is 1. The van der Waals surface area contributed by atoms with E-state index in [1.807, 2.05) is 6.92 Å². The van der Waals surface area contributed by atoms with E-state index in [-0.39, 0.29) is 23.0 Å². The van der Waals surface area contributed by atoms with Crippen LogP contribution in [0.1, 0.15) is 63.2 Å². The molecule has 2 aliphatic carbocycles. The van der Waals surface area contributed by atoms with Crippen LogP contribution in [-0.2, 0) is 4.79 Å². The lowest BCUT2D eigenvalue weighted by molar-refractivity contribution is -0.136. The molecular formula is C29H40N2O5. The van der Waals surface area contributed by atoms with Gasteiger partial charge in [0.25, 0.3) is 5.91 Å². The number of amides is 1. The summed E-state index contributed by atoms with van der Waals surface area (Å²) in [6, 6.07) is 8.51. The molecular weight excluding hydrogens is 456 g/mol. The minimum Gasteiger partial charge on any atom is -0.504 e. The summed E-state index contributed by atoms with van der Waals surface area (Å²) in [6.45, 7) is 6.58. The van der Waals surface area contributed by atoms with Crippen molar-refractivity contribution in [3.05, 3.63) is 47.9 Å². The summed E-state index contributed by atoms with van der Waals surface area (Å²) in [6.07, 6.45) is 10.5. The number of benzene rings is 1. The highest BCUT2D eigenvalue weighted by Gasteiger charge is 2.48. The van der Waals surface area contributed by atoms with Crippen LogP contribution in [0.2, 0.25) is 0 Å². The molecule has 1 aromatic heterocycles. The molecule has 3 fully saturated rings. The van der Waals surface area contributed by atoms with Crippen molar-refractivity contribution in [1.29, 1.82) is 0 Å². The Labute approximate surface area is 214 Å². The average molecular weight is 497 g/mol. The van der Waals surface area contributed by atoms with Crippen LogP contribution in [0.3, 0.4) is 0 Å². The zero-order chi connectivity index (χ0) is 26.1. The molecule has 7 heteroatoms. The quantitative estimate of drug-likeness (QED) is 0.367. The van der Waals surface area contributed by atoms with E-state index in [0.717, 1.165) is 17.9 Å². The van der Waals surface area contributed by atoms with E-state index in [9.17, 15) is 9.90 Å². The van der Waals surface area contributed by atoms with E-state index in [1.54, 1.807) is 18.2 Å². The molecule has 3 unspecified atom stereocenters. The van der Waals surface area contributed by atoms with Crippen LogP contribution in [0.4, 0.5) is 0 Å². The van der Waals surface area contributed by atoms with Gasteiger partial charge in [-0.3, -0.25) is 9.69 Å². The maximum atomic E-state index is 10.9. The molecule has 1 amide bonds. The largest absolute Gasteiger partial charge is 0.504 e. The van der Waals surface area contributed by atoms with E-state index < -0.39 is 0 Å². The van der Waals surface area contributed by atoms with E-state index in [0.29, 0.717) is 17.7 Å². The molecule has 2 aromatic rings. The Morgan fingerprint density at radius 2 is 1.94 bits per heavy atom. The van der Waals surface area contributed by atoms with E-state index >= 15 is 0 Å². The van der Waals surface area contributed by atoms with Crippen LogP contribution in [0.25, 0.3) is 0 Å². The number of carbonyl (C=O) groups excluding carboxylic acids is 1. The number of phenols is 2. The van der Waals surface area contributed by atoms with Gasteiger partial charge in [0, 0.05) is 25.6 Å². The number of furan rings is 1. The summed E-state index contributed by atoms with van der Waals surface area (Å²) < 4.78 is 4.87. The summed E-state index contributed by atoms with van der Waals surface area (Å²) in [5.74, 6) is 6.47. The van der Waals surface area contributed by atoms with Gasteiger partial charge in [-0.1, -0.05) is 18.9 Å². The zero-order valence-corrected chi connectivity index (χ0v) is 21.7. The fourth-order valence-electron chi connectivity index (χ4n) is 5.07. The van der Waals surface area contributed by atoms with Crippen LogP contribution >= 0.6 is 0 Å². The van der Waals surface area contributed by atoms with Gasteiger partial charge in [-0.15, -0.1) is 0 Å². The molecule has 7 nitrogen and oxygen atoms in total. The van der Waals surface area contributed by atoms with Gasteiger partial charge in [-0.2, -0.15) is 0 Å². The fraction of sp³-hybridized carbons (Fsp3) is 0.552. The van der Waals surface area contributed by atoms with Gasteiger partial charge < -0.3 is 25.1 Å². The van der Waals surface area contributed by atoms with Gasteiger partial charge in [0.1, 0.15) is 0 Å². The van der Waals surface area contributed by atoms with Gasteiger partial charge in [0.2, 0.25) is 0 Å². The van der Waals surface area contributed by atoms with Crippen molar-refractivity contribution in [3.8, 4) is 23.3 Å². The predicted molar refractivity (Wildman–Crippen MR) is 139 cm³/mol. The summed E-state index contributed by atoms with van der Waals surface area (Å²) in [5.41, 5.74) is 0.580. The summed E-state index contributed by atoms with van der Waals surface area (Å²) >= 11 is 0. The highest BCUT2D eigenvalue weighted by molar-refractivity contribution is 5.93. The number of nitrogens with zero attached hydrogens (tertiary/aromatic N) is 1. The van der Waals surface area contributed by atoms with Gasteiger partial charge in [0.15, 0.2) is 17.3 Å². The highest BCUT2D eigenvalue weighted by atomic mass is 16.3. The Morgan fingerprint density at radius 3 is 2.56 bits per heavy atom. The number of aliphatic hydroxyl groups is 1. The standard InChI is InChI=1S/C14H25NO.C8H7NO2.C7H8O2/c1-11-14(16)8-3-2-4-13(14)7-9-15(11)10-12-5-6-12;1-9-8(10)5-4-7-3-2-6-11-7;1-5-2-3-6(8)7(9)4-5/h11-13,16H,2-10H2,1H3;2-3,6H,1H3,(H,9,10);2-4,8-9H,1H3. The molecule has 1 aliphatic heterocycles. The van der Waals surface area contributed by atoms with Crippen molar-refractivity contribution in [3.63, 3.8) is 0 Å². The lowest BCUT2D eigenvalue weighted by atomic mass is 9.67. The van der Waals surface area contributed by atoms with Crippen LogP contribution in [0.5, 0.6) is 11.5 Å². The first-order chi connectivity index (χ1) is 17.2. The topological polar surface area (TPSA) is 106 Å². The number of hydrogen-bond donors (Lipinski definition) is 4. The second-order valence-corrected chi connectivity index (χ2v) is 10.1. The second-order valence-electron chi connectivity index (χ2n) is 10.1. The fourth-order valence-corrected chi connectivity index (χ4v) is 5.07. The number of phenolic OH excluding ortho intramolecular Hbond substituents is 2. The number of rotatable bonds is 2. The van der Waals surface area contributed by atoms with Crippen molar-refractivity contribution < 1.29 is 24.5 Å². The molecule has 196 valence electrons. The first kappa shape index (κ1) is 27.6. The zero-order valence-electron chi connectivity index (χ0n) is 21.7. The average Bonchev–Trinajstić information content (AvgIpc) is 3.53. The Bertz CT molecular complexity index is 1040. The van der Waals surface area contributed by atoms with Crippen LogP contribution in [-0.4, -0.2) is 57.9 Å². The molecule has 36 heavy (non-hydrogen) atoms. The number of aromatic hydroxyl groups is 2. The number of piperidine rings is 1. The minimum absolute atomic E-state index is 0.0602. The Morgan fingerprint density at radius 1 is 1.17 bits per heavy atom. The normalized spacial score (nSPS) is 25.0. The monoisotopic (exact) mass is 496 g/mol. The van der Waals surface area contributed by atoms with Crippen molar-refractivity contribution in [1.82, 2.24) is 10.2 Å². The molecule has 5 rings (SSSR count). The third-order valence-electron chi connectivity index (χ3n) is 7.49. The van der Waals surface area contributed by atoms with Crippen molar-refractivity contribution >= 4 is 5.91 Å². The molecule has 2 heterocycles. The number of aryl methyl sites for hydroxylation is 1. The van der Waals surface area contributed by atoms with E-state index in [4.69, 9.17) is 14.6 Å². The summed E-state index contributed by atoms with van der Waals surface area (Å²) in [4.78, 5) is 13.1. The first-order valence-electron chi connectivity index (χ1n) is 12.9. The number of likely N-dealkylation sites (tertiary alicyclic amines) is 1.